The molecule has 2 aromatic rings. The molecule has 5 heteroatoms. The number of rotatable bonds is 4. The number of piperidine rings is 2. The molecule has 148 valence electrons. The van der Waals surface area contributed by atoms with Gasteiger partial charge in [0.05, 0.1) is 5.69 Å². The topological polar surface area (TPSA) is 44.4 Å². The van der Waals surface area contributed by atoms with Crippen LogP contribution in [0.4, 0.5) is 10.1 Å². The predicted octanol–water partition coefficient (Wildman–Crippen LogP) is 3.69. The highest BCUT2D eigenvalue weighted by atomic mass is 19.1. The van der Waals surface area contributed by atoms with Crippen molar-refractivity contribution in [3.63, 3.8) is 0 Å². The highest BCUT2D eigenvalue weighted by Crippen LogP contribution is 2.25. The number of carbonyl (C=O) groups excluding carboxylic acids is 1. The van der Waals surface area contributed by atoms with Crippen LogP contribution in [-0.2, 0) is 0 Å². The van der Waals surface area contributed by atoms with Gasteiger partial charge in [-0.2, -0.15) is 0 Å². The first-order valence-electron chi connectivity index (χ1n) is 10.3. The third-order valence-corrected chi connectivity index (χ3v) is 5.94. The molecule has 28 heavy (non-hydrogen) atoms. The summed E-state index contributed by atoms with van der Waals surface area (Å²) in [5, 5.41) is 6.61. The number of benzene rings is 2. The fraction of sp³-hybridized carbons (Fsp3) is 0.435. The smallest absolute Gasteiger partial charge is 0.251 e. The maximum atomic E-state index is 14.0. The normalized spacial score (nSPS) is 20.8. The van der Waals surface area contributed by atoms with Gasteiger partial charge in [0.25, 0.3) is 5.91 Å². The number of hydrogen-bond acceptors (Lipinski definition) is 3. The lowest BCUT2D eigenvalue weighted by molar-refractivity contribution is 0.0931. The Balaban J connectivity index is 1.34. The van der Waals surface area contributed by atoms with E-state index in [9.17, 15) is 9.18 Å². The molecule has 2 N–H and O–H groups in total. The Morgan fingerprint density at radius 1 is 1.07 bits per heavy atom. The van der Waals surface area contributed by atoms with Gasteiger partial charge in [-0.25, -0.2) is 4.39 Å². The number of para-hydroxylation sites is 1. The molecule has 1 amide bonds. The number of anilines is 1. The van der Waals surface area contributed by atoms with Crippen LogP contribution in [0, 0.1) is 5.82 Å². The lowest BCUT2D eigenvalue weighted by Crippen LogP contribution is -2.45. The summed E-state index contributed by atoms with van der Waals surface area (Å²) in [6.45, 7) is 3.57. The summed E-state index contributed by atoms with van der Waals surface area (Å²) < 4.78 is 14.0. The molecule has 0 saturated carbocycles. The largest absolute Gasteiger partial charge is 0.369 e. The summed E-state index contributed by atoms with van der Waals surface area (Å²) in [4.78, 5) is 14.8. The van der Waals surface area contributed by atoms with E-state index in [0.717, 1.165) is 44.6 Å². The fourth-order valence-electron chi connectivity index (χ4n) is 4.31. The molecule has 2 aromatic carbocycles. The maximum absolute atomic E-state index is 14.0. The molecular weight excluding hydrogens is 353 g/mol. The summed E-state index contributed by atoms with van der Waals surface area (Å²) in [5.74, 6) is 0.305. The third kappa shape index (κ3) is 4.36. The van der Waals surface area contributed by atoms with Crippen molar-refractivity contribution in [1.29, 1.82) is 0 Å². The van der Waals surface area contributed by atoms with Crippen LogP contribution in [0.5, 0.6) is 0 Å². The fourth-order valence-corrected chi connectivity index (χ4v) is 4.31. The average molecular weight is 381 g/mol. The van der Waals surface area contributed by atoms with Crippen LogP contribution in [0.3, 0.4) is 0 Å². The number of halogens is 1. The minimum atomic E-state index is -0.181. The Labute approximate surface area is 166 Å². The number of carbonyl (C=O) groups is 1. The molecule has 0 bridgehead atoms. The van der Waals surface area contributed by atoms with Crippen molar-refractivity contribution in [3.05, 3.63) is 65.5 Å². The van der Waals surface area contributed by atoms with Gasteiger partial charge in [0.1, 0.15) is 5.82 Å². The second-order valence-corrected chi connectivity index (χ2v) is 7.85. The van der Waals surface area contributed by atoms with Crippen LogP contribution in [0.15, 0.2) is 48.5 Å². The number of nitrogens with zero attached hydrogens (tertiary/aromatic N) is 1. The molecule has 2 aliphatic rings. The van der Waals surface area contributed by atoms with Gasteiger partial charge in [-0.1, -0.05) is 24.3 Å². The highest BCUT2D eigenvalue weighted by molar-refractivity contribution is 5.94. The van der Waals surface area contributed by atoms with Crippen molar-refractivity contribution in [2.24, 2.45) is 0 Å². The zero-order valence-corrected chi connectivity index (χ0v) is 16.2. The Kier molecular flexibility index (Phi) is 5.91. The van der Waals surface area contributed by atoms with E-state index in [4.69, 9.17) is 0 Å². The average Bonchev–Trinajstić information content (AvgIpc) is 2.75. The van der Waals surface area contributed by atoms with E-state index in [2.05, 4.69) is 21.6 Å². The number of amides is 1. The molecule has 0 aromatic heterocycles. The van der Waals surface area contributed by atoms with Crippen molar-refractivity contribution in [3.8, 4) is 0 Å². The van der Waals surface area contributed by atoms with Gasteiger partial charge in [-0.3, -0.25) is 4.79 Å². The standard InChI is InChI=1S/C23H28FN3O/c24-21-8-1-2-9-22(21)27-13-10-20(11-14-27)26-23(28)18-6-3-5-17(15-18)19-7-4-12-25-16-19/h1-3,5-6,8-9,15,19-20,25H,4,7,10-14,16H2,(H,26,28). The number of nitrogens with one attached hydrogen (secondary N) is 2. The summed E-state index contributed by atoms with van der Waals surface area (Å²) in [6.07, 6.45) is 4.01. The Morgan fingerprint density at radius 3 is 2.64 bits per heavy atom. The van der Waals surface area contributed by atoms with Gasteiger partial charge < -0.3 is 15.5 Å². The maximum Gasteiger partial charge on any atom is 0.251 e. The molecule has 0 aliphatic carbocycles. The molecule has 2 heterocycles. The van der Waals surface area contributed by atoms with Crippen LogP contribution >= 0.6 is 0 Å². The van der Waals surface area contributed by atoms with Crippen LogP contribution < -0.4 is 15.5 Å². The summed E-state index contributed by atoms with van der Waals surface area (Å²) in [5.41, 5.74) is 2.63. The summed E-state index contributed by atoms with van der Waals surface area (Å²) in [6, 6.07) is 15.1. The van der Waals surface area contributed by atoms with Crippen LogP contribution in [0.25, 0.3) is 0 Å². The second-order valence-electron chi connectivity index (χ2n) is 7.85. The van der Waals surface area contributed by atoms with Crippen LogP contribution in [0.2, 0.25) is 0 Å². The van der Waals surface area contributed by atoms with Crippen molar-refractivity contribution in [1.82, 2.24) is 10.6 Å². The first-order chi connectivity index (χ1) is 13.7. The van der Waals surface area contributed by atoms with Gasteiger partial charge in [0.15, 0.2) is 0 Å². The molecule has 0 radical (unpaired) electrons. The first-order valence-corrected chi connectivity index (χ1v) is 10.3. The van der Waals surface area contributed by atoms with E-state index in [1.807, 2.05) is 30.3 Å². The lowest BCUT2D eigenvalue weighted by Gasteiger charge is -2.34. The van der Waals surface area contributed by atoms with Gasteiger partial charge >= 0.3 is 0 Å². The van der Waals surface area contributed by atoms with Crippen molar-refractivity contribution in [2.75, 3.05) is 31.1 Å². The molecule has 0 spiro atoms. The predicted molar refractivity (Wildman–Crippen MR) is 110 cm³/mol. The second kappa shape index (κ2) is 8.74. The molecule has 2 fully saturated rings. The Morgan fingerprint density at radius 2 is 1.89 bits per heavy atom. The van der Waals surface area contributed by atoms with Crippen molar-refractivity contribution in [2.45, 2.75) is 37.6 Å². The van der Waals surface area contributed by atoms with E-state index >= 15 is 0 Å². The van der Waals surface area contributed by atoms with Gasteiger partial charge in [-0.15, -0.1) is 0 Å². The molecular formula is C23H28FN3O. The zero-order valence-electron chi connectivity index (χ0n) is 16.2. The molecule has 1 atom stereocenters. The lowest BCUT2D eigenvalue weighted by atomic mass is 9.90. The minimum Gasteiger partial charge on any atom is -0.369 e. The highest BCUT2D eigenvalue weighted by Gasteiger charge is 2.23. The minimum absolute atomic E-state index is 0.00467. The Hall–Kier alpha value is -2.40. The molecule has 4 rings (SSSR count). The summed E-state index contributed by atoms with van der Waals surface area (Å²) in [7, 11) is 0. The molecule has 1 unspecified atom stereocenters. The van der Waals surface area contributed by atoms with Gasteiger partial charge in [0, 0.05) is 31.2 Å². The van der Waals surface area contributed by atoms with E-state index in [-0.39, 0.29) is 17.8 Å². The molecule has 2 saturated heterocycles. The van der Waals surface area contributed by atoms with Gasteiger partial charge in [0.2, 0.25) is 0 Å². The van der Waals surface area contributed by atoms with Crippen molar-refractivity contribution >= 4 is 11.6 Å². The third-order valence-electron chi connectivity index (χ3n) is 5.94. The molecule has 4 nitrogen and oxygen atoms in total. The van der Waals surface area contributed by atoms with Crippen LogP contribution in [-0.4, -0.2) is 38.1 Å². The molecule has 2 aliphatic heterocycles. The van der Waals surface area contributed by atoms with E-state index in [0.29, 0.717) is 11.6 Å². The van der Waals surface area contributed by atoms with E-state index in [1.165, 1.54) is 24.5 Å². The quantitative estimate of drug-likeness (QED) is 0.849. The van der Waals surface area contributed by atoms with Gasteiger partial charge in [-0.05, 0) is 68.0 Å². The zero-order chi connectivity index (χ0) is 19.3. The monoisotopic (exact) mass is 381 g/mol. The van der Waals surface area contributed by atoms with E-state index in [1.54, 1.807) is 6.07 Å². The van der Waals surface area contributed by atoms with Crippen molar-refractivity contribution < 1.29 is 9.18 Å². The first kappa shape index (κ1) is 18.9. The SMILES string of the molecule is O=C(NC1CCN(c2ccccc2F)CC1)c1cccc(C2CCCNC2)c1. The van der Waals surface area contributed by atoms with Crippen LogP contribution in [0.1, 0.15) is 47.5 Å². The Bertz CT molecular complexity index is 811. The van der Waals surface area contributed by atoms with E-state index < -0.39 is 0 Å². The number of hydrogen-bond donors (Lipinski definition) is 2. The summed E-state index contributed by atoms with van der Waals surface area (Å²) >= 11 is 0.